The fourth-order valence-corrected chi connectivity index (χ4v) is 7.44. The molecule has 0 unspecified atom stereocenters. The van der Waals surface area contributed by atoms with Crippen molar-refractivity contribution in [3.63, 3.8) is 0 Å². The molecular formula is C49H32N6. The molecule has 55 heavy (non-hydrogen) atoms. The summed E-state index contributed by atoms with van der Waals surface area (Å²) in [7, 11) is 0. The zero-order valence-electron chi connectivity index (χ0n) is 29.7. The summed E-state index contributed by atoms with van der Waals surface area (Å²) in [5, 5.41) is 2.29. The summed E-state index contributed by atoms with van der Waals surface area (Å²) in [5.74, 6) is 0. The highest BCUT2D eigenvalue weighted by atomic mass is 15.0. The fourth-order valence-electron chi connectivity index (χ4n) is 7.44. The van der Waals surface area contributed by atoms with Gasteiger partial charge in [-0.1, -0.05) is 66.7 Å². The highest BCUT2D eigenvalue weighted by Gasteiger charge is 2.16. The van der Waals surface area contributed by atoms with Crippen LogP contribution in [0.15, 0.2) is 195 Å². The van der Waals surface area contributed by atoms with Crippen LogP contribution in [0.25, 0.3) is 94.8 Å². The molecular weight excluding hydrogens is 673 g/mol. The number of fused-ring (bicyclic) bond motifs is 3. The van der Waals surface area contributed by atoms with E-state index in [0.717, 1.165) is 89.4 Å². The highest BCUT2D eigenvalue weighted by molar-refractivity contribution is 6.09. The van der Waals surface area contributed by atoms with Gasteiger partial charge in [0.2, 0.25) is 0 Å². The number of nitrogens with zero attached hydrogens (tertiary/aromatic N) is 6. The lowest BCUT2D eigenvalue weighted by Crippen LogP contribution is -1.96. The van der Waals surface area contributed by atoms with E-state index in [2.05, 4.69) is 141 Å². The molecule has 0 saturated carbocycles. The van der Waals surface area contributed by atoms with Crippen molar-refractivity contribution < 1.29 is 0 Å². The van der Waals surface area contributed by atoms with Gasteiger partial charge in [-0.3, -0.25) is 15.0 Å². The van der Waals surface area contributed by atoms with Crippen molar-refractivity contribution in [2.75, 3.05) is 0 Å². The topological polar surface area (TPSA) is 69.4 Å². The number of hydrogen-bond donors (Lipinski definition) is 0. The Morgan fingerprint density at radius 3 is 1.35 bits per heavy atom. The van der Waals surface area contributed by atoms with Crippen molar-refractivity contribution in [3.8, 4) is 73.0 Å². The third-order valence-electron chi connectivity index (χ3n) is 10.1. The molecule has 10 aromatic rings. The van der Waals surface area contributed by atoms with Gasteiger partial charge in [0.25, 0.3) is 0 Å². The Hall–Kier alpha value is -7.57. The molecule has 0 fully saturated rings. The minimum atomic E-state index is 0.913. The molecule has 6 aromatic heterocycles. The number of pyridine rings is 5. The summed E-state index contributed by atoms with van der Waals surface area (Å²) < 4.78 is 2.35. The van der Waals surface area contributed by atoms with Gasteiger partial charge in [-0.2, -0.15) is 0 Å². The van der Waals surface area contributed by atoms with Gasteiger partial charge in [-0.25, -0.2) is 9.97 Å². The minimum absolute atomic E-state index is 0.913. The van der Waals surface area contributed by atoms with E-state index in [9.17, 15) is 0 Å². The Balaban J connectivity index is 1.13. The number of para-hydroxylation sites is 1. The molecule has 0 N–H and O–H groups in total. The zero-order valence-corrected chi connectivity index (χ0v) is 29.7. The number of hydrogen-bond acceptors (Lipinski definition) is 5. The summed E-state index contributed by atoms with van der Waals surface area (Å²) in [6.07, 6.45) is 11.0. The smallest absolute Gasteiger partial charge is 0.0710 e. The molecule has 0 aliphatic carbocycles. The van der Waals surface area contributed by atoms with Gasteiger partial charge in [-0.15, -0.1) is 0 Å². The van der Waals surface area contributed by atoms with Crippen molar-refractivity contribution >= 4 is 21.8 Å². The molecule has 6 heterocycles. The maximum absolute atomic E-state index is 5.06. The minimum Gasteiger partial charge on any atom is -0.309 e. The number of aromatic nitrogens is 6. The van der Waals surface area contributed by atoms with E-state index in [-0.39, 0.29) is 0 Å². The molecule has 0 aliphatic rings. The number of rotatable bonds is 7. The van der Waals surface area contributed by atoms with Gasteiger partial charge in [0, 0.05) is 75.9 Å². The molecule has 0 spiro atoms. The first-order valence-electron chi connectivity index (χ1n) is 18.2. The van der Waals surface area contributed by atoms with E-state index < -0.39 is 0 Å². The van der Waals surface area contributed by atoms with Crippen LogP contribution in [0.2, 0.25) is 0 Å². The summed E-state index contributed by atoms with van der Waals surface area (Å²) in [6.45, 7) is 0. The molecule has 0 saturated heterocycles. The van der Waals surface area contributed by atoms with E-state index in [1.807, 2.05) is 48.8 Å². The third-order valence-corrected chi connectivity index (χ3v) is 10.1. The van der Waals surface area contributed by atoms with Gasteiger partial charge in [0.05, 0.1) is 33.8 Å². The van der Waals surface area contributed by atoms with Crippen molar-refractivity contribution in [3.05, 3.63) is 195 Å². The van der Waals surface area contributed by atoms with Gasteiger partial charge in [-0.05, 0) is 113 Å². The van der Waals surface area contributed by atoms with Crippen LogP contribution >= 0.6 is 0 Å². The SMILES string of the molecule is c1cc(-c2cc(-c3cccc(-c4cccc(-c5ccncc5)n4)c3)cc(-n3c4ccccc4c4cnccc43)c2)cc(-c2cccc(-c3ccncc3)n2)c1. The molecule has 4 aromatic carbocycles. The molecule has 0 bridgehead atoms. The Bertz CT molecular complexity index is 2790. The Labute approximate surface area is 318 Å². The number of benzene rings is 4. The van der Waals surface area contributed by atoms with E-state index in [4.69, 9.17) is 9.97 Å². The molecule has 0 atom stereocenters. The predicted octanol–water partition coefficient (Wildman–Crippen LogP) is 11.8. The average molecular weight is 705 g/mol. The van der Waals surface area contributed by atoms with E-state index in [1.165, 1.54) is 5.39 Å². The molecule has 258 valence electrons. The quantitative estimate of drug-likeness (QED) is 0.165. The Morgan fingerprint density at radius 2 is 0.764 bits per heavy atom. The predicted molar refractivity (Wildman–Crippen MR) is 222 cm³/mol. The van der Waals surface area contributed by atoms with Crippen LogP contribution in [0.1, 0.15) is 0 Å². The lowest BCUT2D eigenvalue weighted by molar-refractivity contribution is 1.18. The van der Waals surface area contributed by atoms with Crippen molar-refractivity contribution in [2.45, 2.75) is 0 Å². The Morgan fingerprint density at radius 1 is 0.309 bits per heavy atom. The second kappa shape index (κ2) is 13.8. The van der Waals surface area contributed by atoms with E-state index >= 15 is 0 Å². The molecule has 10 rings (SSSR count). The maximum Gasteiger partial charge on any atom is 0.0710 e. The van der Waals surface area contributed by atoms with Crippen molar-refractivity contribution in [1.82, 2.24) is 29.5 Å². The highest BCUT2D eigenvalue weighted by Crippen LogP contribution is 2.37. The lowest BCUT2D eigenvalue weighted by Gasteiger charge is -2.15. The first-order valence-corrected chi connectivity index (χ1v) is 18.2. The normalized spacial score (nSPS) is 11.3. The first kappa shape index (κ1) is 32.1. The van der Waals surface area contributed by atoms with Crippen LogP contribution in [0, 0.1) is 0 Å². The van der Waals surface area contributed by atoms with Crippen LogP contribution in [-0.4, -0.2) is 29.5 Å². The maximum atomic E-state index is 5.06. The molecule has 0 amide bonds. The molecule has 6 heteroatoms. The van der Waals surface area contributed by atoms with Crippen LogP contribution in [0.5, 0.6) is 0 Å². The second-order valence-electron chi connectivity index (χ2n) is 13.5. The van der Waals surface area contributed by atoms with Crippen molar-refractivity contribution in [1.29, 1.82) is 0 Å². The van der Waals surface area contributed by atoms with Gasteiger partial charge >= 0.3 is 0 Å². The summed E-state index contributed by atoms with van der Waals surface area (Å²) in [6, 6.07) is 55.2. The van der Waals surface area contributed by atoms with Gasteiger partial charge in [0.1, 0.15) is 0 Å². The van der Waals surface area contributed by atoms with Crippen molar-refractivity contribution in [2.24, 2.45) is 0 Å². The van der Waals surface area contributed by atoms with Crippen LogP contribution in [0.4, 0.5) is 0 Å². The van der Waals surface area contributed by atoms with E-state index in [1.54, 1.807) is 24.8 Å². The van der Waals surface area contributed by atoms with E-state index in [0.29, 0.717) is 0 Å². The van der Waals surface area contributed by atoms with Crippen LogP contribution in [0.3, 0.4) is 0 Å². The fraction of sp³-hybridized carbons (Fsp3) is 0. The first-order chi connectivity index (χ1) is 27.2. The third kappa shape index (κ3) is 6.11. The summed E-state index contributed by atoms with van der Waals surface area (Å²) in [5.41, 5.74) is 15.5. The Kier molecular flexibility index (Phi) is 8.04. The summed E-state index contributed by atoms with van der Waals surface area (Å²) in [4.78, 5) is 23.0. The monoisotopic (exact) mass is 704 g/mol. The largest absolute Gasteiger partial charge is 0.309 e. The molecule has 0 aliphatic heterocycles. The molecule has 6 nitrogen and oxygen atoms in total. The standard InChI is InChI=1S/C49H32N6/c1-2-16-48-42(11-1)43-32-52-26-21-49(43)55(48)41-30-39(35-7-3-9-37(27-35)46-14-5-12-44(53-46)33-17-22-50-23-18-33)29-40(31-41)36-8-4-10-38(28-36)47-15-6-13-45(54-47)34-19-24-51-25-20-34/h1-32H. The van der Waals surface area contributed by atoms with Crippen LogP contribution in [-0.2, 0) is 0 Å². The second-order valence-corrected chi connectivity index (χ2v) is 13.5. The average Bonchev–Trinajstić information content (AvgIpc) is 3.61. The lowest BCUT2D eigenvalue weighted by atomic mass is 9.95. The van der Waals surface area contributed by atoms with Gasteiger partial charge < -0.3 is 4.57 Å². The van der Waals surface area contributed by atoms with Gasteiger partial charge in [0.15, 0.2) is 0 Å². The zero-order chi connectivity index (χ0) is 36.6. The molecule has 0 radical (unpaired) electrons. The summed E-state index contributed by atoms with van der Waals surface area (Å²) >= 11 is 0. The van der Waals surface area contributed by atoms with Crippen LogP contribution < -0.4 is 0 Å².